The van der Waals surface area contributed by atoms with Gasteiger partial charge in [0.25, 0.3) is 0 Å². The maximum absolute atomic E-state index is 9.34. The molecule has 0 aliphatic heterocycles. The Bertz CT molecular complexity index is 781. The van der Waals surface area contributed by atoms with E-state index in [0.29, 0.717) is 6.54 Å². The summed E-state index contributed by atoms with van der Waals surface area (Å²) in [6.45, 7) is 7.32. The third kappa shape index (κ3) is 3.59. The molecule has 0 saturated heterocycles. The second-order valence-corrected chi connectivity index (χ2v) is 6.80. The highest BCUT2D eigenvalue weighted by atomic mass is 16.3. The first-order valence-corrected chi connectivity index (χ1v) is 7.71. The zero-order chi connectivity index (χ0) is 16.4. The minimum absolute atomic E-state index is 0.165. The molecule has 2 aromatic carbocycles. The lowest BCUT2D eigenvalue weighted by atomic mass is 9.87. The van der Waals surface area contributed by atoms with Crippen LogP contribution < -0.4 is 0 Å². The zero-order valence-corrected chi connectivity index (χ0v) is 13.7. The third-order valence-corrected chi connectivity index (χ3v) is 3.87. The number of aromatic hydroxyl groups is 1. The number of hydrogen-bond donors (Lipinski definition) is 1. The molecule has 1 aromatic heterocycles. The maximum atomic E-state index is 9.34. The molecule has 0 atom stereocenters. The Kier molecular flexibility index (Phi) is 3.90. The molecular formula is C19H21N3O. The van der Waals surface area contributed by atoms with Gasteiger partial charge in [0.15, 0.2) is 0 Å². The molecule has 0 saturated carbocycles. The predicted molar refractivity (Wildman–Crippen MR) is 91.4 cm³/mol. The lowest BCUT2D eigenvalue weighted by Gasteiger charge is -2.19. The lowest BCUT2D eigenvalue weighted by molar-refractivity contribution is 0.475. The van der Waals surface area contributed by atoms with E-state index in [0.717, 1.165) is 11.3 Å². The highest BCUT2D eigenvalue weighted by molar-refractivity contribution is 5.58. The van der Waals surface area contributed by atoms with Crippen LogP contribution in [0.25, 0.3) is 11.3 Å². The fourth-order valence-corrected chi connectivity index (χ4v) is 2.44. The molecule has 4 nitrogen and oxygen atoms in total. The second-order valence-electron chi connectivity index (χ2n) is 6.80. The molecule has 0 unspecified atom stereocenters. The van der Waals surface area contributed by atoms with Crippen molar-refractivity contribution in [1.82, 2.24) is 15.0 Å². The van der Waals surface area contributed by atoms with Crippen LogP contribution in [-0.4, -0.2) is 20.1 Å². The smallest absolute Gasteiger partial charge is 0.115 e. The van der Waals surface area contributed by atoms with Crippen molar-refractivity contribution in [2.75, 3.05) is 0 Å². The van der Waals surface area contributed by atoms with Gasteiger partial charge in [-0.05, 0) is 40.8 Å². The van der Waals surface area contributed by atoms with Crippen molar-refractivity contribution < 1.29 is 5.11 Å². The van der Waals surface area contributed by atoms with Gasteiger partial charge in [0, 0.05) is 5.56 Å². The van der Waals surface area contributed by atoms with Crippen LogP contribution in [0, 0.1) is 0 Å². The topological polar surface area (TPSA) is 50.9 Å². The maximum Gasteiger partial charge on any atom is 0.115 e. The fraction of sp³-hybridized carbons (Fsp3) is 0.263. The van der Waals surface area contributed by atoms with E-state index in [4.69, 9.17) is 0 Å². The van der Waals surface area contributed by atoms with Crippen LogP contribution in [-0.2, 0) is 12.0 Å². The quantitative estimate of drug-likeness (QED) is 0.796. The Labute approximate surface area is 136 Å². The van der Waals surface area contributed by atoms with Crippen molar-refractivity contribution in [1.29, 1.82) is 0 Å². The van der Waals surface area contributed by atoms with Gasteiger partial charge in [0.05, 0.1) is 12.7 Å². The van der Waals surface area contributed by atoms with E-state index < -0.39 is 0 Å². The van der Waals surface area contributed by atoms with Gasteiger partial charge in [-0.1, -0.05) is 50.3 Å². The molecule has 0 bridgehead atoms. The Morgan fingerprint density at radius 3 is 2.22 bits per heavy atom. The van der Waals surface area contributed by atoms with Gasteiger partial charge in [-0.3, -0.25) is 0 Å². The summed E-state index contributed by atoms with van der Waals surface area (Å²) in [6, 6.07) is 15.6. The Balaban J connectivity index is 1.75. The van der Waals surface area contributed by atoms with Crippen molar-refractivity contribution in [3.8, 4) is 17.0 Å². The van der Waals surface area contributed by atoms with Crippen molar-refractivity contribution in [2.45, 2.75) is 32.7 Å². The van der Waals surface area contributed by atoms with E-state index >= 15 is 0 Å². The molecule has 3 rings (SSSR count). The Hall–Kier alpha value is -2.62. The molecule has 0 aliphatic rings. The van der Waals surface area contributed by atoms with Crippen molar-refractivity contribution in [2.24, 2.45) is 0 Å². The molecule has 1 heterocycles. The van der Waals surface area contributed by atoms with Gasteiger partial charge in [0.2, 0.25) is 0 Å². The first-order chi connectivity index (χ1) is 10.9. The summed E-state index contributed by atoms with van der Waals surface area (Å²) < 4.78 is 1.83. The van der Waals surface area contributed by atoms with Gasteiger partial charge in [-0.15, -0.1) is 5.10 Å². The molecule has 23 heavy (non-hydrogen) atoms. The molecular weight excluding hydrogens is 286 g/mol. The number of nitrogens with zero attached hydrogens (tertiary/aromatic N) is 3. The number of rotatable bonds is 3. The molecule has 4 heteroatoms. The second kappa shape index (κ2) is 5.88. The SMILES string of the molecule is CC(C)(C)c1ccc(Cn2cc(-c3ccc(O)cc3)nn2)cc1. The number of phenolic OH excluding ortho intramolecular Hbond substituents is 1. The zero-order valence-electron chi connectivity index (χ0n) is 13.7. The van der Waals surface area contributed by atoms with Gasteiger partial charge >= 0.3 is 0 Å². The van der Waals surface area contributed by atoms with Gasteiger partial charge in [0.1, 0.15) is 11.4 Å². The average molecular weight is 307 g/mol. The summed E-state index contributed by atoms with van der Waals surface area (Å²) in [5.74, 6) is 0.250. The summed E-state index contributed by atoms with van der Waals surface area (Å²) in [5, 5.41) is 17.7. The molecule has 0 spiro atoms. The highest BCUT2D eigenvalue weighted by Crippen LogP contribution is 2.23. The number of hydrogen-bond acceptors (Lipinski definition) is 3. The van der Waals surface area contributed by atoms with Crippen LogP contribution in [0.1, 0.15) is 31.9 Å². The standard InChI is InChI=1S/C19H21N3O/c1-19(2,3)16-8-4-14(5-9-16)12-22-13-18(20-21-22)15-6-10-17(23)11-7-15/h4-11,13,23H,12H2,1-3H3. The Morgan fingerprint density at radius 2 is 1.61 bits per heavy atom. The van der Waals surface area contributed by atoms with Crippen LogP contribution in [0.3, 0.4) is 0 Å². The molecule has 3 aromatic rings. The molecule has 118 valence electrons. The molecule has 0 radical (unpaired) electrons. The average Bonchev–Trinajstić information content (AvgIpc) is 2.96. The Morgan fingerprint density at radius 1 is 0.957 bits per heavy atom. The van der Waals surface area contributed by atoms with E-state index in [1.807, 2.05) is 23.0 Å². The summed E-state index contributed by atoms with van der Waals surface area (Å²) in [7, 11) is 0. The predicted octanol–water partition coefficient (Wildman–Crippen LogP) is 4.00. The van der Waals surface area contributed by atoms with Crippen molar-refractivity contribution in [3.63, 3.8) is 0 Å². The van der Waals surface area contributed by atoms with Gasteiger partial charge < -0.3 is 5.11 Å². The first kappa shape index (κ1) is 15.3. The van der Waals surface area contributed by atoms with Gasteiger partial charge in [-0.25, -0.2) is 4.68 Å². The van der Waals surface area contributed by atoms with E-state index in [1.54, 1.807) is 12.1 Å². The largest absolute Gasteiger partial charge is 0.508 e. The molecule has 0 fully saturated rings. The van der Waals surface area contributed by atoms with Crippen LogP contribution >= 0.6 is 0 Å². The van der Waals surface area contributed by atoms with Crippen LogP contribution in [0.2, 0.25) is 0 Å². The van der Waals surface area contributed by atoms with Crippen molar-refractivity contribution >= 4 is 0 Å². The summed E-state index contributed by atoms with van der Waals surface area (Å²) in [4.78, 5) is 0. The summed E-state index contributed by atoms with van der Waals surface area (Å²) >= 11 is 0. The van der Waals surface area contributed by atoms with E-state index in [2.05, 4.69) is 55.3 Å². The normalized spacial score (nSPS) is 11.6. The van der Waals surface area contributed by atoms with Crippen molar-refractivity contribution in [3.05, 3.63) is 65.9 Å². The number of phenols is 1. The number of benzene rings is 2. The minimum atomic E-state index is 0.165. The molecule has 0 amide bonds. The first-order valence-electron chi connectivity index (χ1n) is 7.71. The number of aromatic nitrogens is 3. The van der Waals surface area contributed by atoms with Crippen LogP contribution in [0.4, 0.5) is 0 Å². The summed E-state index contributed by atoms with van der Waals surface area (Å²) in [6.07, 6.45) is 1.92. The minimum Gasteiger partial charge on any atom is -0.508 e. The van der Waals surface area contributed by atoms with Gasteiger partial charge in [-0.2, -0.15) is 0 Å². The van der Waals surface area contributed by atoms with Crippen LogP contribution in [0.15, 0.2) is 54.7 Å². The highest BCUT2D eigenvalue weighted by Gasteiger charge is 2.13. The van der Waals surface area contributed by atoms with E-state index in [-0.39, 0.29) is 11.2 Å². The lowest BCUT2D eigenvalue weighted by Crippen LogP contribution is -2.11. The monoisotopic (exact) mass is 307 g/mol. The van der Waals surface area contributed by atoms with E-state index in [1.165, 1.54) is 11.1 Å². The third-order valence-electron chi connectivity index (χ3n) is 3.87. The van der Waals surface area contributed by atoms with E-state index in [9.17, 15) is 5.11 Å². The summed E-state index contributed by atoms with van der Waals surface area (Å²) in [5.41, 5.74) is 4.43. The fourth-order valence-electron chi connectivity index (χ4n) is 2.44. The molecule has 0 aliphatic carbocycles. The van der Waals surface area contributed by atoms with Crippen LogP contribution in [0.5, 0.6) is 5.75 Å². The molecule has 1 N–H and O–H groups in total.